The molecule has 0 bridgehead atoms. The van der Waals surface area contributed by atoms with Crippen LogP contribution in [0.1, 0.15) is 37.9 Å². The summed E-state index contributed by atoms with van der Waals surface area (Å²) in [5.74, 6) is 1.35. The van der Waals surface area contributed by atoms with Crippen LogP contribution in [0.15, 0.2) is 10.9 Å². The van der Waals surface area contributed by atoms with Crippen LogP contribution in [0.4, 0.5) is 5.82 Å². The SMILES string of the molecule is Cc1nc(NC2(CN)CCCCC2)cc2n[nH]c(=O)n12. The van der Waals surface area contributed by atoms with Crippen molar-refractivity contribution < 1.29 is 0 Å². The van der Waals surface area contributed by atoms with E-state index in [4.69, 9.17) is 5.73 Å². The zero-order valence-corrected chi connectivity index (χ0v) is 11.6. The van der Waals surface area contributed by atoms with Gasteiger partial charge in [0, 0.05) is 12.6 Å². The van der Waals surface area contributed by atoms with Crippen molar-refractivity contribution in [3.05, 3.63) is 22.4 Å². The Morgan fingerprint density at radius 1 is 1.45 bits per heavy atom. The van der Waals surface area contributed by atoms with Crippen molar-refractivity contribution in [2.75, 3.05) is 11.9 Å². The summed E-state index contributed by atoms with van der Waals surface area (Å²) in [6.07, 6.45) is 5.76. The second-order valence-electron chi connectivity index (χ2n) is 5.58. The fourth-order valence-corrected chi connectivity index (χ4v) is 3.04. The summed E-state index contributed by atoms with van der Waals surface area (Å²) in [6, 6.07) is 1.79. The van der Waals surface area contributed by atoms with Gasteiger partial charge in [0.15, 0.2) is 5.65 Å². The summed E-state index contributed by atoms with van der Waals surface area (Å²) >= 11 is 0. The third kappa shape index (κ3) is 2.18. The number of nitrogens with zero attached hydrogens (tertiary/aromatic N) is 3. The van der Waals surface area contributed by atoms with Crippen molar-refractivity contribution in [1.29, 1.82) is 0 Å². The Bertz CT molecular complexity index is 667. The first kappa shape index (κ1) is 13.1. The van der Waals surface area contributed by atoms with Crippen LogP contribution in [0.5, 0.6) is 0 Å². The highest BCUT2D eigenvalue weighted by atomic mass is 16.1. The molecule has 0 amide bonds. The smallest absolute Gasteiger partial charge is 0.349 e. The number of nitrogens with two attached hydrogens (primary N) is 1. The Labute approximate surface area is 116 Å². The van der Waals surface area contributed by atoms with Crippen LogP contribution >= 0.6 is 0 Å². The number of aryl methyl sites for hydroxylation is 1. The van der Waals surface area contributed by atoms with Crippen molar-refractivity contribution in [3.8, 4) is 0 Å². The van der Waals surface area contributed by atoms with Gasteiger partial charge in [0.05, 0.1) is 5.54 Å². The first-order valence-corrected chi connectivity index (χ1v) is 7.07. The van der Waals surface area contributed by atoms with Gasteiger partial charge in [0.25, 0.3) is 0 Å². The van der Waals surface area contributed by atoms with Crippen molar-refractivity contribution >= 4 is 11.5 Å². The Hall–Kier alpha value is -1.89. The molecule has 108 valence electrons. The quantitative estimate of drug-likeness (QED) is 0.769. The minimum atomic E-state index is -0.261. The lowest BCUT2D eigenvalue weighted by Crippen LogP contribution is -2.47. The molecule has 1 aliphatic rings. The van der Waals surface area contributed by atoms with Gasteiger partial charge >= 0.3 is 5.69 Å². The fraction of sp³-hybridized carbons (Fsp3) is 0.615. The second-order valence-corrected chi connectivity index (χ2v) is 5.58. The number of nitrogens with one attached hydrogen (secondary N) is 2. The monoisotopic (exact) mass is 276 g/mol. The average molecular weight is 276 g/mol. The summed E-state index contributed by atoms with van der Waals surface area (Å²) < 4.78 is 1.46. The number of hydrogen-bond acceptors (Lipinski definition) is 5. The molecule has 1 aliphatic carbocycles. The van der Waals surface area contributed by atoms with E-state index in [0.717, 1.165) is 18.7 Å². The van der Waals surface area contributed by atoms with Gasteiger partial charge in [-0.05, 0) is 19.8 Å². The number of aromatic amines is 1. The van der Waals surface area contributed by atoms with Crippen molar-refractivity contribution in [1.82, 2.24) is 19.6 Å². The van der Waals surface area contributed by atoms with E-state index in [9.17, 15) is 4.79 Å². The van der Waals surface area contributed by atoms with E-state index >= 15 is 0 Å². The van der Waals surface area contributed by atoms with Crippen LogP contribution in [-0.4, -0.2) is 31.7 Å². The van der Waals surface area contributed by atoms with Crippen LogP contribution in [0, 0.1) is 6.92 Å². The van der Waals surface area contributed by atoms with Gasteiger partial charge in [0.1, 0.15) is 11.6 Å². The van der Waals surface area contributed by atoms with E-state index < -0.39 is 0 Å². The minimum Gasteiger partial charge on any atom is -0.363 e. The maximum atomic E-state index is 11.6. The minimum absolute atomic E-state index is 0.0768. The molecule has 2 aromatic heterocycles. The predicted molar refractivity (Wildman–Crippen MR) is 76.8 cm³/mol. The Balaban J connectivity index is 1.96. The Kier molecular flexibility index (Phi) is 3.21. The van der Waals surface area contributed by atoms with Crippen LogP contribution < -0.4 is 16.7 Å². The number of fused-ring (bicyclic) bond motifs is 1. The topological polar surface area (TPSA) is 101 Å². The number of rotatable bonds is 3. The molecule has 0 saturated heterocycles. The molecule has 1 fully saturated rings. The highest BCUT2D eigenvalue weighted by Gasteiger charge is 2.30. The molecule has 2 aromatic rings. The molecule has 4 N–H and O–H groups in total. The highest BCUT2D eigenvalue weighted by Crippen LogP contribution is 2.30. The lowest BCUT2D eigenvalue weighted by Gasteiger charge is -2.37. The molecule has 0 aromatic carbocycles. The molecular formula is C13H20N6O. The van der Waals surface area contributed by atoms with E-state index in [2.05, 4.69) is 20.5 Å². The van der Waals surface area contributed by atoms with E-state index in [-0.39, 0.29) is 11.2 Å². The zero-order valence-electron chi connectivity index (χ0n) is 11.6. The lowest BCUT2D eigenvalue weighted by molar-refractivity contribution is 0.330. The van der Waals surface area contributed by atoms with Gasteiger partial charge in [0.2, 0.25) is 0 Å². The zero-order chi connectivity index (χ0) is 14.2. The van der Waals surface area contributed by atoms with Gasteiger partial charge in [-0.25, -0.2) is 19.3 Å². The number of anilines is 1. The van der Waals surface area contributed by atoms with Gasteiger partial charge in [-0.1, -0.05) is 19.3 Å². The second kappa shape index (κ2) is 4.90. The Morgan fingerprint density at radius 3 is 2.90 bits per heavy atom. The van der Waals surface area contributed by atoms with Crippen LogP contribution in [0.25, 0.3) is 5.65 Å². The third-order valence-electron chi connectivity index (χ3n) is 4.16. The number of hydrogen-bond donors (Lipinski definition) is 3. The van der Waals surface area contributed by atoms with Crippen molar-refractivity contribution in [3.63, 3.8) is 0 Å². The first-order valence-electron chi connectivity index (χ1n) is 7.07. The molecule has 0 spiro atoms. The highest BCUT2D eigenvalue weighted by molar-refractivity contribution is 5.51. The first-order chi connectivity index (χ1) is 9.63. The largest absolute Gasteiger partial charge is 0.363 e. The number of aromatic nitrogens is 4. The summed E-state index contributed by atoms with van der Waals surface area (Å²) in [7, 11) is 0. The van der Waals surface area contributed by atoms with E-state index in [1.54, 1.807) is 13.0 Å². The molecule has 1 saturated carbocycles. The van der Waals surface area contributed by atoms with E-state index in [1.807, 2.05) is 0 Å². The number of H-pyrrole nitrogens is 1. The third-order valence-corrected chi connectivity index (χ3v) is 4.16. The maximum absolute atomic E-state index is 11.6. The normalized spacial score (nSPS) is 18.3. The van der Waals surface area contributed by atoms with Gasteiger partial charge in [-0.2, -0.15) is 5.10 Å². The molecule has 0 unspecified atom stereocenters. The molecule has 7 nitrogen and oxygen atoms in total. The molecule has 20 heavy (non-hydrogen) atoms. The van der Waals surface area contributed by atoms with E-state index in [1.165, 1.54) is 23.7 Å². The fourth-order valence-electron chi connectivity index (χ4n) is 3.04. The van der Waals surface area contributed by atoms with Gasteiger partial charge in [-0.15, -0.1) is 0 Å². The maximum Gasteiger partial charge on any atom is 0.349 e. The molecular weight excluding hydrogens is 256 g/mol. The lowest BCUT2D eigenvalue weighted by atomic mass is 9.81. The molecule has 0 aliphatic heterocycles. The standard InChI is InChI=1S/C13H20N6O/c1-9-15-10(7-11-17-18-12(20)19(9)11)16-13(8-14)5-3-2-4-6-13/h7,16H,2-6,8,14H2,1H3,(H,18,20). The molecule has 3 rings (SSSR count). The van der Waals surface area contributed by atoms with Crippen LogP contribution in [-0.2, 0) is 0 Å². The predicted octanol–water partition coefficient (Wildman–Crippen LogP) is 0.800. The molecule has 2 heterocycles. The summed E-state index contributed by atoms with van der Waals surface area (Å²) in [5.41, 5.74) is 6.21. The van der Waals surface area contributed by atoms with Gasteiger partial charge < -0.3 is 11.1 Å². The van der Waals surface area contributed by atoms with Gasteiger partial charge in [-0.3, -0.25) is 0 Å². The Morgan fingerprint density at radius 2 is 2.20 bits per heavy atom. The van der Waals surface area contributed by atoms with Crippen molar-refractivity contribution in [2.24, 2.45) is 5.73 Å². The summed E-state index contributed by atoms with van der Waals surface area (Å²) in [5, 5.41) is 9.91. The van der Waals surface area contributed by atoms with Crippen LogP contribution in [0.3, 0.4) is 0 Å². The van der Waals surface area contributed by atoms with Crippen LogP contribution in [0.2, 0.25) is 0 Å². The van der Waals surface area contributed by atoms with Crippen molar-refractivity contribution in [2.45, 2.75) is 44.6 Å². The summed E-state index contributed by atoms with van der Waals surface area (Å²) in [6.45, 7) is 2.39. The molecule has 7 heteroatoms. The summed E-state index contributed by atoms with van der Waals surface area (Å²) in [4.78, 5) is 16.0. The molecule has 0 radical (unpaired) electrons. The molecule has 0 atom stereocenters. The van der Waals surface area contributed by atoms with E-state index in [0.29, 0.717) is 18.0 Å². The average Bonchev–Trinajstić information content (AvgIpc) is 2.82.